The molecule has 0 unspecified atom stereocenters. The zero-order valence-electron chi connectivity index (χ0n) is 13.5. The molecule has 2 aromatic carbocycles. The zero-order chi connectivity index (χ0) is 17.2. The van der Waals surface area contributed by atoms with Gasteiger partial charge in [-0.15, -0.1) is 0 Å². The lowest BCUT2D eigenvalue weighted by molar-refractivity contribution is -0.110. The lowest BCUT2D eigenvalue weighted by atomic mass is 10.00. The summed E-state index contributed by atoms with van der Waals surface area (Å²) >= 11 is 0. The van der Waals surface area contributed by atoms with E-state index < -0.39 is 0 Å². The molecule has 2 aliphatic heterocycles. The first kappa shape index (κ1) is 15.0. The number of hydrogen-bond donors (Lipinski definition) is 3. The van der Waals surface area contributed by atoms with Gasteiger partial charge in [-0.05, 0) is 35.9 Å². The number of fused-ring (bicyclic) bond motifs is 1. The maximum atomic E-state index is 12.5. The predicted octanol–water partition coefficient (Wildman–Crippen LogP) is 3.78. The SMILES string of the molecule is Nc1ccc(C=C2C(=O)Nc3c(C4=CC=CC=CN4)cccc32)cc1. The third-order valence-corrected chi connectivity index (χ3v) is 4.20. The second-order valence-corrected chi connectivity index (χ2v) is 5.88. The van der Waals surface area contributed by atoms with E-state index in [0.717, 1.165) is 28.1 Å². The van der Waals surface area contributed by atoms with Crippen LogP contribution in [0.1, 0.15) is 16.7 Å². The van der Waals surface area contributed by atoms with Crippen LogP contribution in [0, 0.1) is 0 Å². The molecule has 0 saturated carbocycles. The average Bonchev–Trinajstić information content (AvgIpc) is 2.80. The molecule has 2 heterocycles. The molecule has 0 spiro atoms. The largest absolute Gasteiger partial charge is 0.399 e. The van der Waals surface area contributed by atoms with E-state index in [-0.39, 0.29) is 5.91 Å². The predicted molar refractivity (Wildman–Crippen MR) is 103 cm³/mol. The van der Waals surface area contributed by atoms with E-state index >= 15 is 0 Å². The standard InChI is InChI=1S/C21H17N3O/c22-15-10-8-14(9-11-15)13-18-16-5-4-6-17(20(16)24-21(18)25)19-7-2-1-3-12-23-19/h1-13,23H,22H2,(H,24,25). The van der Waals surface area contributed by atoms with E-state index in [4.69, 9.17) is 5.73 Å². The molecule has 0 aromatic heterocycles. The number of nitrogens with one attached hydrogen (secondary N) is 2. The number of nitrogen functional groups attached to an aromatic ring is 1. The number of rotatable bonds is 2. The van der Waals surface area contributed by atoms with E-state index in [1.54, 1.807) is 0 Å². The highest BCUT2D eigenvalue weighted by Crippen LogP contribution is 2.38. The number of amides is 1. The highest BCUT2D eigenvalue weighted by atomic mass is 16.2. The molecule has 0 atom stereocenters. The molecule has 4 N–H and O–H groups in total. The van der Waals surface area contributed by atoms with Crippen molar-refractivity contribution in [1.29, 1.82) is 0 Å². The van der Waals surface area contributed by atoms with Crippen LogP contribution in [0.4, 0.5) is 11.4 Å². The van der Waals surface area contributed by atoms with Crippen LogP contribution in [-0.2, 0) is 4.79 Å². The van der Waals surface area contributed by atoms with Crippen LogP contribution in [0.3, 0.4) is 0 Å². The number of benzene rings is 2. The van der Waals surface area contributed by atoms with E-state index in [9.17, 15) is 4.79 Å². The number of allylic oxidation sites excluding steroid dienone is 4. The third-order valence-electron chi connectivity index (χ3n) is 4.20. The van der Waals surface area contributed by atoms with Crippen molar-refractivity contribution >= 4 is 34.6 Å². The Morgan fingerprint density at radius 1 is 0.920 bits per heavy atom. The van der Waals surface area contributed by atoms with Crippen LogP contribution in [-0.4, -0.2) is 5.91 Å². The second kappa shape index (κ2) is 6.17. The normalized spacial score (nSPS) is 16.9. The first-order valence-corrected chi connectivity index (χ1v) is 8.05. The highest BCUT2D eigenvalue weighted by Gasteiger charge is 2.27. The summed E-state index contributed by atoms with van der Waals surface area (Å²) < 4.78 is 0. The van der Waals surface area contributed by atoms with Gasteiger partial charge >= 0.3 is 0 Å². The van der Waals surface area contributed by atoms with Gasteiger partial charge in [-0.2, -0.15) is 0 Å². The molecule has 4 heteroatoms. The summed E-state index contributed by atoms with van der Waals surface area (Å²) in [6, 6.07) is 13.4. The van der Waals surface area contributed by atoms with Gasteiger partial charge in [0.05, 0.1) is 5.69 Å². The molecule has 25 heavy (non-hydrogen) atoms. The number of carbonyl (C=O) groups excluding carboxylic acids is 1. The average molecular weight is 327 g/mol. The fraction of sp³-hybridized carbons (Fsp3) is 0. The quantitative estimate of drug-likeness (QED) is 0.581. The van der Waals surface area contributed by atoms with Crippen molar-refractivity contribution in [1.82, 2.24) is 5.32 Å². The van der Waals surface area contributed by atoms with Crippen molar-refractivity contribution in [3.05, 3.63) is 89.7 Å². The van der Waals surface area contributed by atoms with Gasteiger partial charge in [-0.25, -0.2) is 0 Å². The highest BCUT2D eigenvalue weighted by molar-refractivity contribution is 6.35. The Morgan fingerprint density at radius 2 is 1.72 bits per heavy atom. The molecule has 122 valence electrons. The van der Waals surface area contributed by atoms with E-state index in [1.807, 2.05) is 79.0 Å². The van der Waals surface area contributed by atoms with Crippen molar-refractivity contribution in [2.24, 2.45) is 0 Å². The molecular weight excluding hydrogens is 310 g/mol. The summed E-state index contributed by atoms with van der Waals surface area (Å²) in [4.78, 5) is 12.5. The molecule has 0 fully saturated rings. The minimum atomic E-state index is -0.0976. The molecule has 2 aliphatic rings. The van der Waals surface area contributed by atoms with Crippen LogP contribution in [0.2, 0.25) is 0 Å². The summed E-state index contributed by atoms with van der Waals surface area (Å²) in [6.45, 7) is 0. The molecule has 2 aromatic rings. The summed E-state index contributed by atoms with van der Waals surface area (Å²) in [7, 11) is 0. The van der Waals surface area contributed by atoms with Crippen molar-refractivity contribution in [3.8, 4) is 0 Å². The van der Waals surface area contributed by atoms with Crippen LogP contribution >= 0.6 is 0 Å². The third kappa shape index (κ3) is 2.85. The Morgan fingerprint density at radius 3 is 2.56 bits per heavy atom. The maximum absolute atomic E-state index is 12.5. The summed E-state index contributed by atoms with van der Waals surface area (Å²) in [5, 5.41) is 6.25. The van der Waals surface area contributed by atoms with Crippen LogP contribution in [0.5, 0.6) is 0 Å². The molecular formula is C21H17N3O. The minimum Gasteiger partial charge on any atom is -0.399 e. The van der Waals surface area contributed by atoms with Gasteiger partial charge in [0.1, 0.15) is 0 Å². The van der Waals surface area contributed by atoms with Gasteiger partial charge in [0, 0.05) is 34.3 Å². The molecule has 4 nitrogen and oxygen atoms in total. The summed E-state index contributed by atoms with van der Waals surface area (Å²) in [6.07, 6.45) is 11.6. The van der Waals surface area contributed by atoms with E-state index in [2.05, 4.69) is 10.6 Å². The number of carbonyl (C=O) groups is 1. The van der Waals surface area contributed by atoms with Crippen LogP contribution in [0.15, 0.2) is 73.0 Å². The lowest BCUT2D eigenvalue weighted by Crippen LogP contribution is -2.08. The number of hydrogen-bond acceptors (Lipinski definition) is 3. The number of para-hydroxylation sites is 1. The van der Waals surface area contributed by atoms with Crippen molar-refractivity contribution < 1.29 is 4.79 Å². The summed E-state index contributed by atoms with van der Waals surface area (Å²) in [5.74, 6) is -0.0976. The summed E-state index contributed by atoms with van der Waals surface area (Å²) in [5.41, 5.74) is 11.7. The van der Waals surface area contributed by atoms with Crippen molar-refractivity contribution in [3.63, 3.8) is 0 Å². The van der Waals surface area contributed by atoms with Gasteiger partial charge in [0.25, 0.3) is 5.91 Å². The fourth-order valence-electron chi connectivity index (χ4n) is 2.97. The second-order valence-electron chi connectivity index (χ2n) is 5.88. The Hall–Kier alpha value is -3.53. The topological polar surface area (TPSA) is 67.2 Å². The Balaban J connectivity index is 1.79. The van der Waals surface area contributed by atoms with Gasteiger partial charge in [-0.3, -0.25) is 4.79 Å². The minimum absolute atomic E-state index is 0.0976. The van der Waals surface area contributed by atoms with Gasteiger partial charge in [0.15, 0.2) is 0 Å². The van der Waals surface area contributed by atoms with Crippen molar-refractivity contribution in [2.45, 2.75) is 0 Å². The zero-order valence-corrected chi connectivity index (χ0v) is 13.5. The van der Waals surface area contributed by atoms with Gasteiger partial charge < -0.3 is 16.4 Å². The van der Waals surface area contributed by atoms with Crippen molar-refractivity contribution in [2.75, 3.05) is 11.1 Å². The molecule has 1 amide bonds. The lowest BCUT2D eigenvalue weighted by Gasteiger charge is -2.11. The fourth-order valence-corrected chi connectivity index (χ4v) is 2.97. The van der Waals surface area contributed by atoms with Gasteiger partial charge in [-0.1, -0.05) is 42.5 Å². The van der Waals surface area contributed by atoms with E-state index in [1.165, 1.54) is 0 Å². The van der Waals surface area contributed by atoms with Crippen LogP contribution in [0.25, 0.3) is 17.3 Å². The van der Waals surface area contributed by atoms with Gasteiger partial charge in [0.2, 0.25) is 0 Å². The Bertz CT molecular complexity index is 963. The molecule has 4 rings (SSSR count). The van der Waals surface area contributed by atoms with Crippen LogP contribution < -0.4 is 16.4 Å². The molecule has 0 bridgehead atoms. The monoisotopic (exact) mass is 327 g/mol. The first-order chi connectivity index (χ1) is 12.2. The van der Waals surface area contributed by atoms with E-state index in [0.29, 0.717) is 11.3 Å². The number of nitrogens with two attached hydrogens (primary N) is 1. The maximum Gasteiger partial charge on any atom is 0.256 e. The Kier molecular flexibility index (Phi) is 3.71. The molecule has 0 saturated heterocycles. The smallest absolute Gasteiger partial charge is 0.256 e. The number of anilines is 2. The Labute approximate surface area is 146 Å². The molecule has 0 aliphatic carbocycles. The first-order valence-electron chi connectivity index (χ1n) is 8.05. The molecule has 0 radical (unpaired) electrons.